The average molecular weight is 324 g/mol. The third-order valence-corrected chi connectivity index (χ3v) is 5.00. The molecule has 0 aromatic heterocycles. The van der Waals surface area contributed by atoms with E-state index in [4.69, 9.17) is 4.99 Å². The van der Waals surface area contributed by atoms with Gasteiger partial charge in [0.1, 0.15) is 5.82 Å². The molecule has 1 amide bonds. The maximum atomic E-state index is 13.0. The minimum absolute atomic E-state index is 0.0398. The van der Waals surface area contributed by atoms with Crippen LogP contribution in [0.25, 0.3) is 0 Å². The number of guanidine groups is 1. The van der Waals surface area contributed by atoms with Gasteiger partial charge < -0.3 is 9.80 Å². The van der Waals surface area contributed by atoms with Gasteiger partial charge in [-0.15, -0.1) is 0 Å². The van der Waals surface area contributed by atoms with Crippen LogP contribution >= 0.6 is 0 Å². The Bertz CT molecular complexity index is 655. The summed E-state index contributed by atoms with van der Waals surface area (Å²) in [6.07, 6.45) is 6.92. The molecule has 1 aromatic rings. The number of rotatable bonds is 2. The summed E-state index contributed by atoms with van der Waals surface area (Å²) in [5.74, 6) is 1.93. The monoisotopic (exact) mass is 324 g/mol. The van der Waals surface area contributed by atoms with Crippen LogP contribution in [0, 0.1) is 0 Å². The van der Waals surface area contributed by atoms with Crippen LogP contribution in [0.2, 0.25) is 0 Å². The molecule has 5 nitrogen and oxygen atoms in total. The second-order valence-corrected chi connectivity index (χ2v) is 6.64. The van der Waals surface area contributed by atoms with E-state index in [-0.39, 0.29) is 5.91 Å². The summed E-state index contributed by atoms with van der Waals surface area (Å²) in [6.45, 7) is 4.74. The summed E-state index contributed by atoms with van der Waals surface area (Å²) in [4.78, 5) is 24.3. The SMILES string of the molecule is O=C(c1ccccc1)N1CC=C(N2CCCC2)N=C1N1CCCC1. The van der Waals surface area contributed by atoms with E-state index in [2.05, 4.69) is 15.9 Å². The molecule has 0 N–H and O–H groups in total. The Morgan fingerprint density at radius 3 is 2.17 bits per heavy atom. The topological polar surface area (TPSA) is 39.2 Å². The van der Waals surface area contributed by atoms with Crippen molar-refractivity contribution in [2.45, 2.75) is 25.7 Å². The number of hydrogen-bond acceptors (Lipinski definition) is 4. The largest absolute Gasteiger partial charge is 0.357 e. The van der Waals surface area contributed by atoms with Gasteiger partial charge in [0.05, 0.1) is 6.54 Å². The first-order valence-corrected chi connectivity index (χ1v) is 8.98. The molecule has 0 unspecified atom stereocenters. The van der Waals surface area contributed by atoms with Crippen molar-refractivity contribution in [3.05, 3.63) is 47.8 Å². The van der Waals surface area contributed by atoms with E-state index in [9.17, 15) is 4.79 Å². The standard InChI is InChI=1S/C19H24N4O/c24-18(16-8-2-1-3-9-16)23-15-10-17(21-11-4-5-12-21)20-19(23)22-13-6-7-14-22/h1-3,8-10H,4-7,11-15H2. The summed E-state index contributed by atoms with van der Waals surface area (Å²) < 4.78 is 0. The zero-order valence-electron chi connectivity index (χ0n) is 14.0. The van der Waals surface area contributed by atoms with Gasteiger partial charge in [0.2, 0.25) is 5.96 Å². The molecule has 0 spiro atoms. The van der Waals surface area contributed by atoms with Gasteiger partial charge in [-0.3, -0.25) is 9.69 Å². The van der Waals surface area contributed by atoms with Crippen LogP contribution in [0.1, 0.15) is 36.0 Å². The minimum Gasteiger partial charge on any atom is -0.357 e. The van der Waals surface area contributed by atoms with Crippen molar-refractivity contribution in [1.82, 2.24) is 14.7 Å². The van der Waals surface area contributed by atoms with E-state index in [1.165, 1.54) is 25.7 Å². The third kappa shape index (κ3) is 2.90. The fourth-order valence-electron chi connectivity index (χ4n) is 3.68. The molecule has 5 heteroatoms. The van der Waals surface area contributed by atoms with E-state index in [0.29, 0.717) is 6.54 Å². The highest BCUT2D eigenvalue weighted by Crippen LogP contribution is 2.23. The van der Waals surface area contributed by atoms with Crippen LogP contribution in [0.3, 0.4) is 0 Å². The Hall–Kier alpha value is -2.30. The van der Waals surface area contributed by atoms with E-state index < -0.39 is 0 Å². The van der Waals surface area contributed by atoms with Gasteiger partial charge in [-0.1, -0.05) is 18.2 Å². The highest BCUT2D eigenvalue weighted by Gasteiger charge is 2.30. The van der Waals surface area contributed by atoms with Crippen molar-refractivity contribution in [2.75, 3.05) is 32.7 Å². The summed E-state index contributed by atoms with van der Waals surface area (Å²) in [5.41, 5.74) is 0.724. The highest BCUT2D eigenvalue weighted by atomic mass is 16.2. The average Bonchev–Trinajstić information content (AvgIpc) is 3.35. The molecular formula is C19H24N4O. The number of aliphatic imine (C=N–C) groups is 1. The first-order chi connectivity index (χ1) is 11.8. The predicted octanol–water partition coefficient (Wildman–Crippen LogP) is 2.53. The maximum absolute atomic E-state index is 13.0. The van der Waals surface area contributed by atoms with Crippen LogP contribution < -0.4 is 0 Å². The normalized spacial score (nSPS) is 21.1. The van der Waals surface area contributed by atoms with Gasteiger partial charge in [0.15, 0.2) is 0 Å². The maximum Gasteiger partial charge on any atom is 0.260 e. The summed E-state index contributed by atoms with van der Waals surface area (Å²) in [7, 11) is 0. The summed E-state index contributed by atoms with van der Waals surface area (Å²) in [6, 6.07) is 9.52. The van der Waals surface area contributed by atoms with E-state index >= 15 is 0 Å². The Labute approximate surface area is 143 Å². The van der Waals surface area contributed by atoms with Gasteiger partial charge in [0, 0.05) is 31.7 Å². The molecule has 0 bridgehead atoms. The van der Waals surface area contributed by atoms with E-state index in [1.54, 1.807) is 0 Å². The Balaban J connectivity index is 1.62. The number of benzene rings is 1. The molecule has 1 aromatic carbocycles. The van der Waals surface area contributed by atoms with E-state index in [0.717, 1.165) is 43.5 Å². The first-order valence-electron chi connectivity index (χ1n) is 8.98. The lowest BCUT2D eigenvalue weighted by Crippen LogP contribution is -2.48. The number of nitrogens with zero attached hydrogens (tertiary/aromatic N) is 4. The van der Waals surface area contributed by atoms with Gasteiger partial charge in [-0.2, -0.15) is 4.99 Å². The van der Waals surface area contributed by atoms with Gasteiger partial charge in [0.25, 0.3) is 5.91 Å². The first kappa shape index (κ1) is 15.2. The smallest absolute Gasteiger partial charge is 0.260 e. The van der Waals surface area contributed by atoms with Crippen LogP contribution in [0.4, 0.5) is 0 Å². The molecular weight excluding hydrogens is 300 g/mol. The fourth-order valence-corrected chi connectivity index (χ4v) is 3.68. The predicted molar refractivity (Wildman–Crippen MR) is 94.6 cm³/mol. The number of amides is 1. The Morgan fingerprint density at radius 1 is 0.875 bits per heavy atom. The van der Waals surface area contributed by atoms with Crippen LogP contribution in [-0.4, -0.2) is 59.3 Å². The molecule has 0 saturated carbocycles. The zero-order chi connectivity index (χ0) is 16.4. The molecule has 24 heavy (non-hydrogen) atoms. The van der Waals surface area contributed by atoms with Crippen LogP contribution in [0.15, 0.2) is 47.2 Å². The lowest BCUT2D eigenvalue weighted by atomic mass is 10.2. The molecule has 2 fully saturated rings. The van der Waals surface area contributed by atoms with Crippen molar-refractivity contribution in [2.24, 2.45) is 4.99 Å². The van der Waals surface area contributed by atoms with Gasteiger partial charge in [-0.25, -0.2) is 0 Å². The van der Waals surface area contributed by atoms with Crippen molar-refractivity contribution >= 4 is 11.9 Å². The Kier molecular flexibility index (Phi) is 4.24. The Morgan fingerprint density at radius 2 is 1.50 bits per heavy atom. The fraction of sp³-hybridized carbons (Fsp3) is 0.474. The zero-order valence-corrected chi connectivity index (χ0v) is 14.0. The molecule has 3 heterocycles. The number of carbonyl (C=O) groups is 1. The van der Waals surface area contributed by atoms with Crippen molar-refractivity contribution in [3.63, 3.8) is 0 Å². The van der Waals surface area contributed by atoms with Crippen LogP contribution in [0.5, 0.6) is 0 Å². The lowest BCUT2D eigenvalue weighted by molar-refractivity contribution is 0.0840. The quantitative estimate of drug-likeness (QED) is 0.839. The second kappa shape index (κ2) is 6.67. The van der Waals surface area contributed by atoms with Crippen molar-refractivity contribution < 1.29 is 4.79 Å². The number of hydrogen-bond donors (Lipinski definition) is 0. The summed E-state index contributed by atoms with van der Waals surface area (Å²) in [5, 5.41) is 0. The van der Waals surface area contributed by atoms with Crippen LogP contribution in [-0.2, 0) is 0 Å². The number of likely N-dealkylation sites (tertiary alicyclic amines) is 2. The summed E-state index contributed by atoms with van der Waals surface area (Å²) >= 11 is 0. The number of carbonyl (C=O) groups excluding carboxylic acids is 1. The molecule has 0 radical (unpaired) electrons. The van der Waals surface area contributed by atoms with Gasteiger partial charge >= 0.3 is 0 Å². The van der Waals surface area contributed by atoms with Crippen molar-refractivity contribution in [1.29, 1.82) is 0 Å². The van der Waals surface area contributed by atoms with Gasteiger partial charge in [-0.05, 0) is 43.9 Å². The molecule has 3 aliphatic rings. The van der Waals surface area contributed by atoms with Crippen molar-refractivity contribution in [3.8, 4) is 0 Å². The molecule has 0 aliphatic carbocycles. The molecule has 0 atom stereocenters. The minimum atomic E-state index is 0.0398. The van der Waals surface area contributed by atoms with E-state index in [1.807, 2.05) is 35.2 Å². The molecule has 4 rings (SSSR count). The second-order valence-electron chi connectivity index (χ2n) is 6.64. The lowest BCUT2D eigenvalue weighted by Gasteiger charge is -2.34. The molecule has 126 valence electrons. The molecule has 2 saturated heterocycles. The third-order valence-electron chi connectivity index (χ3n) is 5.00. The molecule has 3 aliphatic heterocycles. The highest BCUT2D eigenvalue weighted by molar-refractivity contribution is 6.06.